The Hall–Kier alpha value is 0.600. The van der Waals surface area contributed by atoms with Crippen LogP contribution in [0.5, 0.6) is 34.5 Å². The average molecular weight is 1060 g/mol. The molecule has 186 valence electrons. The number of hydrogen-bond donors (Lipinski definition) is 0. The van der Waals surface area contributed by atoms with Gasteiger partial charge in [0.25, 0.3) is 0 Å². The molecule has 4 aromatic rings. The Balaban J connectivity index is 1.75. The molecule has 0 radical (unpaired) electrons. The molecule has 0 amide bonds. The number of hydrogen-bond acceptors (Lipinski definition) is 3. The number of ether oxygens (including phenoxy) is 3. The van der Waals surface area contributed by atoms with E-state index in [1.807, 2.05) is 54.6 Å². The summed E-state index contributed by atoms with van der Waals surface area (Å²) in [5.74, 6) is 3.56. The van der Waals surface area contributed by atoms with Gasteiger partial charge in [0.15, 0.2) is 23.0 Å². The van der Waals surface area contributed by atoms with Gasteiger partial charge in [-0.3, -0.25) is 0 Å². The van der Waals surface area contributed by atoms with Crippen LogP contribution in [0, 0.1) is 0 Å². The lowest BCUT2D eigenvalue weighted by atomic mass is 10.3. The van der Waals surface area contributed by atoms with E-state index in [9.17, 15) is 0 Å². The summed E-state index contributed by atoms with van der Waals surface area (Å²) in [5, 5.41) is 0. The summed E-state index contributed by atoms with van der Waals surface area (Å²) in [6.07, 6.45) is 0. The number of halogens is 9. The van der Waals surface area contributed by atoms with Gasteiger partial charge in [0.1, 0.15) is 11.5 Å². The first-order valence-electron chi connectivity index (χ1n) is 9.66. The first-order chi connectivity index (χ1) is 17.1. The zero-order valence-corrected chi connectivity index (χ0v) is 31.6. The lowest BCUT2D eigenvalue weighted by Crippen LogP contribution is -1.97. The Morgan fingerprint density at radius 3 is 1.17 bits per heavy atom. The topological polar surface area (TPSA) is 27.7 Å². The van der Waals surface area contributed by atoms with Gasteiger partial charge in [-0.15, -0.1) is 0 Å². The summed E-state index contributed by atoms with van der Waals surface area (Å²) in [6, 6.07) is 17.1. The van der Waals surface area contributed by atoms with E-state index in [2.05, 4.69) is 143 Å². The van der Waals surface area contributed by atoms with E-state index in [0.29, 0.717) is 70.3 Å². The minimum atomic E-state index is 0.519. The second-order valence-electron chi connectivity index (χ2n) is 6.88. The molecule has 12 heteroatoms. The third kappa shape index (κ3) is 6.16. The molecule has 36 heavy (non-hydrogen) atoms. The third-order valence-corrected chi connectivity index (χ3v) is 13.4. The first kappa shape index (κ1) is 29.6. The van der Waals surface area contributed by atoms with Gasteiger partial charge in [-0.05, 0) is 168 Å². The molecule has 0 atom stereocenters. The summed E-state index contributed by atoms with van der Waals surface area (Å²) in [7, 11) is 0. The minimum absolute atomic E-state index is 0.519. The normalized spacial score (nSPS) is 10.9. The van der Waals surface area contributed by atoms with Crippen LogP contribution in [0.15, 0.2) is 94.9 Å². The average Bonchev–Trinajstić information content (AvgIpc) is 2.88. The quantitative estimate of drug-likeness (QED) is 0.180. The molecule has 0 saturated heterocycles. The second-order valence-corrected chi connectivity index (χ2v) is 14.1. The van der Waals surface area contributed by atoms with Crippen molar-refractivity contribution >= 4 is 143 Å². The van der Waals surface area contributed by atoms with Crippen molar-refractivity contribution in [2.45, 2.75) is 0 Å². The van der Waals surface area contributed by atoms with Crippen molar-refractivity contribution in [3.8, 4) is 34.5 Å². The fourth-order valence-corrected chi connectivity index (χ4v) is 7.99. The van der Waals surface area contributed by atoms with Crippen molar-refractivity contribution in [1.82, 2.24) is 0 Å². The van der Waals surface area contributed by atoms with Gasteiger partial charge in [0.05, 0.1) is 40.3 Å². The molecule has 4 rings (SSSR count). The van der Waals surface area contributed by atoms with Gasteiger partial charge in [-0.1, -0.05) is 30.3 Å². The van der Waals surface area contributed by atoms with Crippen molar-refractivity contribution in [2.24, 2.45) is 0 Å². The molecule has 0 spiro atoms. The second kappa shape index (κ2) is 12.8. The maximum Gasteiger partial charge on any atom is 0.158 e. The summed E-state index contributed by atoms with van der Waals surface area (Å²) >= 11 is 32.7. The Labute approximate surface area is 283 Å². The number of benzene rings is 4. The van der Waals surface area contributed by atoms with Crippen LogP contribution in [0.2, 0.25) is 0 Å². The molecule has 0 aromatic heterocycles. The molecule has 3 nitrogen and oxygen atoms in total. The van der Waals surface area contributed by atoms with E-state index in [1.165, 1.54) is 0 Å². The molecule has 4 aromatic carbocycles. The highest BCUT2D eigenvalue weighted by atomic mass is 79.9. The zero-order chi connectivity index (χ0) is 26.1. The van der Waals surface area contributed by atoms with Crippen molar-refractivity contribution in [3.05, 3.63) is 94.9 Å². The largest absolute Gasteiger partial charge is 0.455 e. The SMILES string of the molecule is Brc1ccccc1Oc1c(Br)c(Br)c(Oc2c(Br)c(Br)c(Oc3ccccc3)c(Br)c2Br)c(Br)c1Br. The molecule has 0 N–H and O–H groups in total. The highest BCUT2D eigenvalue weighted by molar-refractivity contribution is 9.14. The highest BCUT2D eigenvalue weighted by Gasteiger charge is 2.27. The first-order valence-corrected chi connectivity index (χ1v) is 16.8. The predicted octanol–water partition coefficient (Wildman–Crippen LogP) is 13.9. The van der Waals surface area contributed by atoms with Crippen molar-refractivity contribution < 1.29 is 14.2 Å². The molecule has 0 bridgehead atoms. The smallest absolute Gasteiger partial charge is 0.158 e. The summed E-state index contributed by atoms with van der Waals surface area (Å²) in [5.41, 5.74) is 0. The van der Waals surface area contributed by atoms with Gasteiger partial charge >= 0.3 is 0 Å². The van der Waals surface area contributed by atoms with Crippen LogP contribution < -0.4 is 14.2 Å². The van der Waals surface area contributed by atoms with Crippen LogP contribution in [-0.2, 0) is 0 Å². The molecule has 0 heterocycles. The standard InChI is InChI=1S/C24H9Br9O3/c25-11-8-4-5-9-12(11)35-22-15(28)19(32)24(20(33)16(22)29)36-23-17(30)13(26)21(14(27)18(23)31)34-10-6-2-1-3-7-10/h1-9H. The summed E-state index contributed by atoms with van der Waals surface area (Å²) in [4.78, 5) is 0. The van der Waals surface area contributed by atoms with Gasteiger partial charge in [0, 0.05) is 0 Å². The van der Waals surface area contributed by atoms with Crippen molar-refractivity contribution in [3.63, 3.8) is 0 Å². The van der Waals surface area contributed by atoms with Crippen LogP contribution in [-0.4, -0.2) is 0 Å². The molecule has 0 fully saturated rings. The molecular weight excluding hydrogens is 1060 g/mol. The van der Waals surface area contributed by atoms with Crippen LogP contribution in [0.1, 0.15) is 0 Å². The van der Waals surface area contributed by atoms with Gasteiger partial charge in [-0.25, -0.2) is 0 Å². The van der Waals surface area contributed by atoms with E-state index in [4.69, 9.17) is 14.2 Å². The Bertz CT molecular complexity index is 1400. The summed E-state index contributed by atoms with van der Waals surface area (Å²) in [6.45, 7) is 0. The Morgan fingerprint density at radius 2 is 0.722 bits per heavy atom. The van der Waals surface area contributed by atoms with E-state index in [1.54, 1.807) is 0 Å². The zero-order valence-electron chi connectivity index (χ0n) is 17.3. The van der Waals surface area contributed by atoms with Crippen LogP contribution in [0.25, 0.3) is 0 Å². The molecule has 0 unspecified atom stereocenters. The van der Waals surface area contributed by atoms with Gasteiger partial charge in [-0.2, -0.15) is 0 Å². The maximum atomic E-state index is 6.43. The predicted molar refractivity (Wildman–Crippen MR) is 175 cm³/mol. The van der Waals surface area contributed by atoms with Crippen LogP contribution >= 0.6 is 143 Å². The van der Waals surface area contributed by atoms with E-state index >= 15 is 0 Å². The number of para-hydroxylation sites is 2. The van der Waals surface area contributed by atoms with Crippen molar-refractivity contribution in [2.75, 3.05) is 0 Å². The van der Waals surface area contributed by atoms with E-state index in [0.717, 1.165) is 4.47 Å². The lowest BCUT2D eigenvalue weighted by molar-refractivity contribution is 0.448. The van der Waals surface area contributed by atoms with E-state index < -0.39 is 0 Å². The van der Waals surface area contributed by atoms with E-state index in [-0.39, 0.29) is 0 Å². The van der Waals surface area contributed by atoms with Gasteiger partial charge < -0.3 is 14.2 Å². The Kier molecular flexibility index (Phi) is 10.6. The fraction of sp³-hybridized carbons (Fsp3) is 0. The lowest BCUT2D eigenvalue weighted by Gasteiger charge is -2.21. The van der Waals surface area contributed by atoms with Crippen molar-refractivity contribution in [1.29, 1.82) is 0 Å². The monoisotopic (exact) mass is 1060 g/mol. The van der Waals surface area contributed by atoms with Crippen LogP contribution in [0.4, 0.5) is 0 Å². The molecule has 0 aliphatic heterocycles. The molecule has 0 saturated carbocycles. The molecule has 0 aliphatic carbocycles. The third-order valence-electron chi connectivity index (χ3n) is 4.58. The molecular formula is C24H9Br9O3. The number of rotatable bonds is 6. The van der Waals surface area contributed by atoms with Crippen LogP contribution in [0.3, 0.4) is 0 Å². The van der Waals surface area contributed by atoms with Gasteiger partial charge in [0.2, 0.25) is 0 Å². The summed E-state index contributed by atoms with van der Waals surface area (Å²) < 4.78 is 24.9. The maximum absolute atomic E-state index is 6.43. The Morgan fingerprint density at radius 1 is 0.361 bits per heavy atom. The fourth-order valence-electron chi connectivity index (χ4n) is 2.89. The highest BCUT2D eigenvalue weighted by Crippen LogP contribution is 2.57. The molecule has 0 aliphatic rings. The minimum Gasteiger partial charge on any atom is -0.455 e.